The molecule has 1 heterocycles. The van der Waals surface area contributed by atoms with E-state index in [2.05, 4.69) is 5.32 Å². The summed E-state index contributed by atoms with van der Waals surface area (Å²) in [6.07, 6.45) is 1.04. The van der Waals surface area contributed by atoms with Gasteiger partial charge in [-0.2, -0.15) is 0 Å². The van der Waals surface area contributed by atoms with E-state index in [4.69, 9.17) is 26.8 Å². The lowest BCUT2D eigenvalue weighted by atomic mass is 9.90. The van der Waals surface area contributed by atoms with Gasteiger partial charge in [0, 0.05) is 30.0 Å². The van der Waals surface area contributed by atoms with Crippen molar-refractivity contribution in [2.24, 2.45) is 5.73 Å². The molecule has 3 rings (SSSR count). The second-order valence-electron chi connectivity index (χ2n) is 6.17. The average molecular weight is 361 g/mol. The monoisotopic (exact) mass is 360 g/mol. The fourth-order valence-corrected chi connectivity index (χ4v) is 2.76. The lowest BCUT2D eigenvalue weighted by Crippen LogP contribution is -2.54. The number of hydrogen-bond acceptors (Lipinski definition) is 4. The van der Waals surface area contributed by atoms with Gasteiger partial charge in [-0.1, -0.05) is 29.8 Å². The number of benzene rings is 2. The number of anilines is 1. The predicted octanol–water partition coefficient (Wildman–Crippen LogP) is 3.37. The van der Waals surface area contributed by atoms with E-state index in [1.54, 1.807) is 6.07 Å². The third kappa shape index (κ3) is 4.72. The minimum absolute atomic E-state index is 0.189. The van der Waals surface area contributed by atoms with Gasteiger partial charge in [-0.25, -0.2) is 0 Å². The van der Waals surface area contributed by atoms with E-state index >= 15 is 0 Å². The van der Waals surface area contributed by atoms with Crippen LogP contribution in [0.15, 0.2) is 48.5 Å². The number of carbonyl (C=O) groups is 1. The van der Waals surface area contributed by atoms with E-state index < -0.39 is 5.54 Å². The lowest BCUT2D eigenvalue weighted by Gasteiger charge is -2.31. The molecule has 5 nitrogen and oxygen atoms in total. The van der Waals surface area contributed by atoms with Gasteiger partial charge in [0.2, 0.25) is 5.91 Å². The third-order valence-corrected chi connectivity index (χ3v) is 4.50. The molecule has 2 aromatic carbocycles. The molecule has 6 heteroatoms. The fraction of sp³-hybridized carbons (Fsp3) is 0.316. The number of carbonyl (C=O) groups excluding carboxylic acids is 1. The molecule has 0 saturated carbocycles. The van der Waals surface area contributed by atoms with Crippen LogP contribution in [0.4, 0.5) is 5.69 Å². The van der Waals surface area contributed by atoms with Crippen molar-refractivity contribution < 1.29 is 14.3 Å². The normalized spacial score (nSPS) is 16.2. The number of halogens is 1. The van der Waals surface area contributed by atoms with Crippen molar-refractivity contribution in [3.8, 4) is 5.75 Å². The molecular weight excluding hydrogens is 340 g/mol. The molecule has 0 aliphatic carbocycles. The van der Waals surface area contributed by atoms with Crippen LogP contribution >= 0.6 is 11.6 Å². The van der Waals surface area contributed by atoms with Crippen LogP contribution in [0.1, 0.15) is 18.4 Å². The Hall–Kier alpha value is -2.08. The summed E-state index contributed by atoms with van der Waals surface area (Å²) in [6, 6.07) is 14.8. The lowest BCUT2D eigenvalue weighted by molar-refractivity contribution is -0.124. The Morgan fingerprint density at radius 2 is 1.92 bits per heavy atom. The van der Waals surface area contributed by atoms with Crippen molar-refractivity contribution in [2.45, 2.75) is 25.0 Å². The molecule has 2 aromatic rings. The van der Waals surface area contributed by atoms with Gasteiger partial charge in [0.1, 0.15) is 17.9 Å². The highest BCUT2D eigenvalue weighted by Crippen LogP contribution is 2.23. The van der Waals surface area contributed by atoms with Crippen molar-refractivity contribution in [2.75, 3.05) is 18.5 Å². The first-order valence-electron chi connectivity index (χ1n) is 8.21. The van der Waals surface area contributed by atoms with Gasteiger partial charge in [0.25, 0.3) is 0 Å². The summed E-state index contributed by atoms with van der Waals surface area (Å²) in [5.74, 6) is 0.483. The SMILES string of the molecule is NC1(C(=O)Nc2cccc(OCc3ccc(Cl)cc3)c2)CCOCC1. The molecule has 1 aliphatic rings. The van der Waals surface area contributed by atoms with Crippen LogP contribution in [-0.4, -0.2) is 24.7 Å². The van der Waals surface area contributed by atoms with Crippen LogP contribution in [0.25, 0.3) is 0 Å². The summed E-state index contributed by atoms with van der Waals surface area (Å²) in [7, 11) is 0. The Morgan fingerprint density at radius 3 is 2.64 bits per heavy atom. The maximum Gasteiger partial charge on any atom is 0.244 e. The minimum Gasteiger partial charge on any atom is -0.489 e. The van der Waals surface area contributed by atoms with Crippen LogP contribution in [0.2, 0.25) is 5.02 Å². The molecule has 1 aliphatic heterocycles. The van der Waals surface area contributed by atoms with E-state index in [9.17, 15) is 4.79 Å². The zero-order chi connectivity index (χ0) is 17.7. The summed E-state index contributed by atoms with van der Waals surface area (Å²) in [5.41, 5.74) is 7.00. The summed E-state index contributed by atoms with van der Waals surface area (Å²) in [5, 5.41) is 3.57. The molecule has 132 valence electrons. The number of nitrogens with one attached hydrogen (secondary N) is 1. The fourth-order valence-electron chi connectivity index (χ4n) is 2.63. The van der Waals surface area contributed by atoms with Gasteiger partial charge >= 0.3 is 0 Å². The highest BCUT2D eigenvalue weighted by molar-refractivity contribution is 6.30. The topological polar surface area (TPSA) is 73.6 Å². The van der Waals surface area contributed by atoms with Crippen LogP contribution in [0.3, 0.4) is 0 Å². The summed E-state index contributed by atoms with van der Waals surface area (Å²) in [4.78, 5) is 12.5. The Morgan fingerprint density at radius 1 is 1.20 bits per heavy atom. The molecule has 0 aromatic heterocycles. The van der Waals surface area contributed by atoms with Crippen LogP contribution in [0, 0.1) is 0 Å². The van der Waals surface area contributed by atoms with Gasteiger partial charge in [0.15, 0.2) is 0 Å². The molecule has 1 amide bonds. The first-order chi connectivity index (χ1) is 12.0. The second-order valence-corrected chi connectivity index (χ2v) is 6.60. The highest BCUT2D eigenvalue weighted by Gasteiger charge is 2.35. The molecule has 1 fully saturated rings. The zero-order valence-electron chi connectivity index (χ0n) is 13.8. The molecule has 0 unspecified atom stereocenters. The molecule has 3 N–H and O–H groups in total. The zero-order valence-corrected chi connectivity index (χ0v) is 14.6. The Bertz CT molecular complexity index is 728. The van der Waals surface area contributed by atoms with Crippen molar-refractivity contribution in [1.82, 2.24) is 0 Å². The van der Waals surface area contributed by atoms with E-state index in [0.717, 1.165) is 5.56 Å². The smallest absolute Gasteiger partial charge is 0.244 e. The van der Waals surface area contributed by atoms with Gasteiger partial charge < -0.3 is 20.5 Å². The van der Waals surface area contributed by atoms with Gasteiger partial charge in [-0.05, 0) is 42.7 Å². The van der Waals surface area contributed by atoms with Gasteiger partial charge in [0.05, 0.1) is 0 Å². The average Bonchev–Trinajstić information content (AvgIpc) is 2.62. The number of hydrogen-bond donors (Lipinski definition) is 2. The predicted molar refractivity (Wildman–Crippen MR) is 97.8 cm³/mol. The van der Waals surface area contributed by atoms with Gasteiger partial charge in [-0.3, -0.25) is 4.79 Å². The Labute approximate surface area is 152 Å². The van der Waals surface area contributed by atoms with Crippen molar-refractivity contribution in [3.63, 3.8) is 0 Å². The van der Waals surface area contributed by atoms with Crippen LogP contribution in [0.5, 0.6) is 5.75 Å². The summed E-state index contributed by atoms with van der Waals surface area (Å²) in [6.45, 7) is 1.44. The first kappa shape index (κ1) is 17.7. The van der Waals surface area contributed by atoms with E-state index in [-0.39, 0.29) is 5.91 Å². The van der Waals surface area contributed by atoms with Crippen LogP contribution in [-0.2, 0) is 16.1 Å². The number of amides is 1. The van der Waals surface area contributed by atoms with E-state index in [1.807, 2.05) is 42.5 Å². The maximum atomic E-state index is 12.5. The number of ether oxygens (including phenoxy) is 2. The standard InChI is InChI=1S/C19H21ClN2O3/c20-15-6-4-14(5-7-15)13-25-17-3-1-2-16(12-17)22-18(23)19(21)8-10-24-11-9-19/h1-7,12H,8-11,13,21H2,(H,22,23). The molecule has 0 radical (unpaired) electrons. The van der Waals surface area contributed by atoms with Crippen molar-refractivity contribution in [3.05, 3.63) is 59.1 Å². The largest absolute Gasteiger partial charge is 0.489 e. The molecule has 1 saturated heterocycles. The minimum atomic E-state index is -0.877. The second kappa shape index (κ2) is 7.87. The molecule has 0 spiro atoms. The molecule has 0 bridgehead atoms. The van der Waals surface area contributed by atoms with Gasteiger partial charge in [-0.15, -0.1) is 0 Å². The molecular formula is C19H21ClN2O3. The first-order valence-corrected chi connectivity index (χ1v) is 8.58. The van der Waals surface area contributed by atoms with Crippen molar-refractivity contribution >= 4 is 23.2 Å². The number of rotatable bonds is 5. The third-order valence-electron chi connectivity index (χ3n) is 4.25. The van der Waals surface area contributed by atoms with Crippen LogP contribution < -0.4 is 15.8 Å². The quantitative estimate of drug-likeness (QED) is 0.857. The molecule has 0 atom stereocenters. The maximum absolute atomic E-state index is 12.5. The summed E-state index contributed by atoms with van der Waals surface area (Å²) < 4.78 is 11.1. The Kier molecular flexibility index (Phi) is 5.58. The van der Waals surface area contributed by atoms with E-state index in [1.165, 1.54) is 0 Å². The molecule has 25 heavy (non-hydrogen) atoms. The Balaban J connectivity index is 1.61. The number of nitrogens with two attached hydrogens (primary N) is 1. The van der Waals surface area contributed by atoms with Crippen molar-refractivity contribution in [1.29, 1.82) is 0 Å². The highest BCUT2D eigenvalue weighted by atomic mass is 35.5. The van der Waals surface area contributed by atoms with E-state index in [0.29, 0.717) is 49.1 Å². The summed E-state index contributed by atoms with van der Waals surface area (Å²) >= 11 is 5.87.